The zero-order valence-electron chi connectivity index (χ0n) is 8.74. The van der Waals surface area contributed by atoms with Gasteiger partial charge in [0.1, 0.15) is 0 Å². The van der Waals surface area contributed by atoms with E-state index in [9.17, 15) is 4.79 Å². The lowest BCUT2D eigenvalue weighted by Crippen LogP contribution is -2.27. The quantitative estimate of drug-likeness (QED) is 0.764. The molecule has 76 valence electrons. The first-order valence-corrected chi connectivity index (χ1v) is 4.53. The number of nitrogens with zero attached hydrogens (tertiary/aromatic N) is 2. The highest BCUT2D eigenvalue weighted by atomic mass is 16.2. The molecular weight excluding hydrogens is 178 g/mol. The molecule has 1 rings (SSSR count). The number of hydrogen-bond donors (Lipinski definition) is 1. The Balaban J connectivity index is 3.02. The van der Waals surface area contributed by atoms with Crippen LogP contribution in [0.1, 0.15) is 23.0 Å². The number of carbonyl (C=O) groups excluding carboxylic acids is 1. The summed E-state index contributed by atoms with van der Waals surface area (Å²) >= 11 is 0. The minimum absolute atomic E-state index is 0.0856. The highest BCUT2D eigenvalue weighted by molar-refractivity contribution is 5.98. The second-order valence-electron chi connectivity index (χ2n) is 3.23. The van der Waals surface area contributed by atoms with Gasteiger partial charge in [-0.2, -0.15) is 0 Å². The van der Waals surface area contributed by atoms with E-state index in [1.807, 2.05) is 13.8 Å². The molecule has 1 amide bonds. The molecule has 0 bridgehead atoms. The smallest absolute Gasteiger partial charge is 0.257 e. The van der Waals surface area contributed by atoms with Crippen molar-refractivity contribution in [2.75, 3.05) is 19.3 Å². The minimum atomic E-state index is -0.0856. The van der Waals surface area contributed by atoms with Gasteiger partial charge in [0, 0.05) is 31.2 Å². The van der Waals surface area contributed by atoms with Gasteiger partial charge in [-0.25, -0.2) is 0 Å². The molecule has 1 aromatic rings. The van der Waals surface area contributed by atoms with Gasteiger partial charge < -0.3 is 10.6 Å². The van der Waals surface area contributed by atoms with E-state index in [-0.39, 0.29) is 5.91 Å². The molecule has 0 aromatic carbocycles. The number of hydrogen-bond acceptors (Lipinski definition) is 3. The van der Waals surface area contributed by atoms with Crippen LogP contribution in [0.5, 0.6) is 0 Å². The predicted molar refractivity (Wildman–Crippen MR) is 56.0 cm³/mol. The number of amides is 1. The van der Waals surface area contributed by atoms with Crippen LogP contribution in [-0.2, 0) is 0 Å². The van der Waals surface area contributed by atoms with Crippen molar-refractivity contribution in [3.63, 3.8) is 0 Å². The lowest BCUT2D eigenvalue weighted by molar-refractivity contribution is 0.0803. The van der Waals surface area contributed by atoms with E-state index in [1.165, 1.54) is 6.20 Å². The molecule has 4 nitrogen and oxygen atoms in total. The van der Waals surface area contributed by atoms with E-state index in [2.05, 4.69) is 4.98 Å². The first-order valence-electron chi connectivity index (χ1n) is 4.53. The van der Waals surface area contributed by atoms with Gasteiger partial charge in [-0.15, -0.1) is 0 Å². The highest BCUT2D eigenvalue weighted by Crippen LogP contribution is 2.13. The molecule has 2 N–H and O–H groups in total. The fourth-order valence-corrected chi connectivity index (χ4v) is 1.11. The monoisotopic (exact) mass is 193 g/mol. The van der Waals surface area contributed by atoms with Crippen LogP contribution in [0, 0.1) is 6.92 Å². The standard InChI is InChI=1S/C10H15N3O/c1-4-13(3)10(14)8-6-12-7(2)5-9(8)11/h5-6H,4H2,1-3H3,(H2,11,12). The predicted octanol–water partition coefficient (Wildman–Crippen LogP) is 1.06. The van der Waals surface area contributed by atoms with Gasteiger partial charge >= 0.3 is 0 Å². The summed E-state index contributed by atoms with van der Waals surface area (Å²) in [6.07, 6.45) is 1.53. The van der Waals surface area contributed by atoms with E-state index in [0.717, 1.165) is 5.69 Å². The number of nitrogens with two attached hydrogens (primary N) is 1. The fraction of sp³-hybridized carbons (Fsp3) is 0.400. The van der Waals surface area contributed by atoms with Crippen molar-refractivity contribution in [1.29, 1.82) is 0 Å². The molecule has 0 aliphatic carbocycles. The number of aromatic nitrogens is 1. The number of nitrogen functional groups attached to an aromatic ring is 1. The SMILES string of the molecule is CCN(C)C(=O)c1cnc(C)cc1N. The first kappa shape index (κ1) is 10.5. The highest BCUT2D eigenvalue weighted by Gasteiger charge is 2.13. The van der Waals surface area contributed by atoms with Gasteiger partial charge in [0.25, 0.3) is 5.91 Å². The molecular formula is C10H15N3O. The van der Waals surface area contributed by atoms with E-state index >= 15 is 0 Å². The average Bonchev–Trinajstić information content (AvgIpc) is 2.15. The number of pyridine rings is 1. The normalized spacial score (nSPS) is 9.93. The Labute approximate surface area is 83.7 Å². The molecule has 0 atom stereocenters. The summed E-state index contributed by atoms with van der Waals surface area (Å²) in [5.74, 6) is -0.0856. The molecule has 1 heterocycles. The van der Waals surface area contributed by atoms with Crippen molar-refractivity contribution < 1.29 is 4.79 Å². The largest absolute Gasteiger partial charge is 0.398 e. The van der Waals surface area contributed by atoms with Crippen LogP contribution in [0.15, 0.2) is 12.3 Å². The van der Waals surface area contributed by atoms with Gasteiger partial charge in [0.05, 0.1) is 5.56 Å². The Morgan fingerprint density at radius 2 is 2.29 bits per heavy atom. The summed E-state index contributed by atoms with van der Waals surface area (Å²) in [6.45, 7) is 4.41. The van der Waals surface area contributed by atoms with Crippen LogP contribution in [0.4, 0.5) is 5.69 Å². The van der Waals surface area contributed by atoms with Crippen molar-refractivity contribution in [1.82, 2.24) is 9.88 Å². The average molecular weight is 193 g/mol. The van der Waals surface area contributed by atoms with Crippen LogP contribution in [0.3, 0.4) is 0 Å². The van der Waals surface area contributed by atoms with Crippen molar-refractivity contribution in [3.8, 4) is 0 Å². The van der Waals surface area contributed by atoms with Crippen LogP contribution < -0.4 is 5.73 Å². The van der Waals surface area contributed by atoms with Crippen LogP contribution >= 0.6 is 0 Å². The van der Waals surface area contributed by atoms with Gasteiger partial charge in [0.15, 0.2) is 0 Å². The third kappa shape index (κ3) is 2.02. The summed E-state index contributed by atoms with van der Waals surface area (Å²) in [7, 11) is 1.74. The maximum absolute atomic E-state index is 11.7. The van der Waals surface area contributed by atoms with Crippen molar-refractivity contribution in [2.24, 2.45) is 0 Å². The van der Waals surface area contributed by atoms with Crippen molar-refractivity contribution in [2.45, 2.75) is 13.8 Å². The topological polar surface area (TPSA) is 59.2 Å². The van der Waals surface area contributed by atoms with Gasteiger partial charge in [-0.05, 0) is 19.9 Å². The second-order valence-corrected chi connectivity index (χ2v) is 3.23. The molecule has 1 aromatic heterocycles. The Bertz CT molecular complexity index is 349. The molecule has 0 unspecified atom stereocenters. The summed E-state index contributed by atoms with van der Waals surface area (Å²) in [5.41, 5.74) is 7.51. The lowest BCUT2D eigenvalue weighted by Gasteiger charge is -2.15. The minimum Gasteiger partial charge on any atom is -0.398 e. The van der Waals surface area contributed by atoms with E-state index in [4.69, 9.17) is 5.73 Å². The van der Waals surface area contributed by atoms with E-state index in [1.54, 1.807) is 18.0 Å². The zero-order valence-corrected chi connectivity index (χ0v) is 8.74. The number of rotatable bonds is 2. The number of anilines is 1. The molecule has 0 radical (unpaired) electrons. The summed E-state index contributed by atoms with van der Waals surface area (Å²) < 4.78 is 0. The van der Waals surface area contributed by atoms with Crippen LogP contribution in [-0.4, -0.2) is 29.4 Å². The molecule has 0 saturated heterocycles. The fourth-order valence-electron chi connectivity index (χ4n) is 1.11. The van der Waals surface area contributed by atoms with Crippen LogP contribution in [0.2, 0.25) is 0 Å². The molecule has 0 fully saturated rings. The number of carbonyl (C=O) groups is 1. The van der Waals surface area contributed by atoms with E-state index < -0.39 is 0 Å². The summed E-state index contributed by atoms with van der Waals surface area (Å²) in [4.78, 5) is 17.4. The Kier molecular flexibility index (Phi) is 3.06. The van der Waals surface area contributed by atoms with Gasteiger partial charge in [-0.3, -0.25) is 9.78 Å². The molecule has 14 heavy (non-hydrogen) atoms. The van der Waals surface area contributed by atoms with Crippen molar-refractivity contribution >= 4 is 11.6 Å². The van der Waals surface area contributed by atoms with Crippen molar-refractivity contribution in [3.05, 3.63) is 23.5 Å². The Morgan fingerprint density at radius 1 is 1.64 bits per heavy atom. The third-order valence-corrected chi connectivity index (χ3v) is 2.12. The lowest BCUT2D eigenvalue weighted by atomic mass is 10.2. The summed E-state index contributed by atoms with van der Waals surface area (Å²) in [5, 5.41) is 0. The second kappa shape index (κ2) is 4.09. The van der Waals surface area contributed by atoms with Gasteiger partial charge in [-0.1, -0.05) is 0 Å². The third-order valence-electron chi connectivity index (χ3n) is 2.12. The maximum Gasteiger partial charge on any atom is 0.257 e. The molecule has 0 aliphatic rings. The van der Waals surface area contributed by atoms with Gasteiger partial charge in [0.2, 0.25) is 0 Å². The molecule has 0 spiro atoms. The first-order chi connectivity index (χ1) is 6.56. The zero-order chi connectivity index (χ0) is 10.7. The Morgan fingerprint density at radius 3 is 2.79 bits per heavy atom. The molecule has 0 saturated carbocycles. The molecule has 0 aliphatic heterocycles. The van der Waals surface area contributed by atoms with Crippen LogP contribution in [0.25, 0.3) is 0 Å². The number of aryl methyl sites for hydroxylation is 1. The summed E-state index contributed by atoms with van der Waals surface area (Å²) in [6, 6.07) is 1.71. The Hall–Kier alpha value is -1.58. The molecule has 4 heteroatoms. The van der Waals surface area contributed by atoms with E-state index in [0.29, 0.717) is 17.8 Å². The maximum atomic E-state index is 11.7.